The summed E-state index contributed by atoms with van der Waals surface area (Å²) in [5.41, 5.74) is 2.24. The Morgan fingerprint density at radius 2 is 2.09 bits per heavy atom. The van der Waals surface area contributed by atoms with Crippen LogP contribution in [0.1, 0.15) is 26.6 Å². The summed E-state index contributed by atoms with van der Waals surface area (Å²) in [6.45, 7) is 1.89. The zero-order valence-corrected chi connectivity index (χ0v) is 12.6. The number of rotatable bonds is 4. The van der Waals surface area contributed by atoms with Gasteiger partial charge in [-0.3, -0.25) is 15.2 Å². The van der Waals surface area contributed by atoms with Gasteiger partial charge in [-0.1, -0.05) is 12.1 Å². The normalized spacial score (nSPS) is 10.6. The lowest BCUT2D eigenvalue weighted by atomic mass is 10.1. The van der Waals surface area contributed by atoms with Crippen LogP contribution in [0.25, 0.3) is 0 Å². The van der Waals surface area contributed by atoms with E-state index in [9.17, 15) is 9.18 Å². The molecule has 0 bridgehead atoms. The molecule has 112 valence electrons. The summed E-state index contributed by atoms with van der Waals surface area (Å²) in [7, 11) is 0. The molecule has 3 rings (SSSR count). The highest BCUT2D eigenvalue weighted by atomic mass is 32.1. The number of carbonyl (C=O) groups is 1. The van der Waals surface area contributed by atoms with E-state index in [1.807, 2.05) is 6.92 Å². The van der Waals surface area contributed by atoms with Gasteiger partial charge in [-0.15, -0.1) is 11.3 Å². The maximum Gasteiger partial charge on any atom is 0.275 e. The van der Waals surface area contributed by atoms with Crippen molar-refractivity contribution in [1.82, 2.24) is 15.2 Å². The van der Waals surface area contributed by atoms with Crippen molar-refractivity contribution in [1.29, 1.82) is 0 Å². The molecular weight excluding hydrogens is 303 g/mol. The number of anilines is 1. The topological polar surface area (TPSA) is 70.7 Å². The molecule has 3 aromatic rings. The van der Waals surface area contributed by atoms with Gasteiger partial charge in [-0.2, -0.15) is 5.10 Å². The first-order chi connectivity index (χ1) is 10.6. The lowest BCUT2D eigenvalue weighted by Gasteiger charge is -1.99. The van der Waals surface area contributed by atoms with Crippen molar-refractivity contribution >= 4 is 22.4 Å². The number of aryl methyl sites for hydroxylation is 1. The molecule has 2 N–H and O–H groups in total. The van der Waals surface area contributed by atoms with Crippen LogP contribution in [0, 0.1) is 12.7 Å². The predicted molar refractivity (Wildman–Crippen MR) is 82.6 cm³/mol. The molecule has 22 heavy (non-hydrogen) atoms. The smallest absolute Gasteiger partial charge is 0.275 e. The number of H-pyrrole nitrogens is 1. The van der Waals surface area contributed by atoms with Crippen LogP contribution in [0.3, 0.4) is 0 Å². The molecule has 7 heteroatoms. The molecule has 0 aliphatic carbocycles. The van der Waals surface area contributed by atoms with Gasteiger partial charge in [0.1, 0.15) is 11.5 Å². The van der Waals surface area contributed by atoms with E-state index in [-0.39, 0.29) is 11.7 Å². The van der Waals surface area contributed by atoms with E-state index in [2.05, 4.69) is 20.5 Å². The Labute approximate surface area is 130 Å². The van der Waals surface area contributed by atoms with Crippen LogP contribution in [0.4, 0.5) is 9.52 Å². The molecule has 5 nitrogen and oxygen atoms in total. The molecule has 2 heterocycles. The summed E-state index contributed by atoms with van der Waals surface area (Å²) in [6.07, 6.45) is 2.17. The molecule has 0 spiro atoms. The number of halogens is 1. The first-order valence-electron chi connectivity index (χ1n) is 6.63. The Bertz CT molecular complexity index is 780. The van der Waals surface area contributed by atoms with Gasteiger partial charge in [-0.25, -0.2) is 9.37 Å². The summed E-state index contributed by atoms with van der Waals surface area (Å²) in [5, 5.41) is 9.61. The summed E-state index contributed by atoms with van der Waals surface area (Å²) in [4.78, 5) is 17.3. The zero-order chi connectivity index (χ0) is 15.5. The minimum atomic E-state index is -0.278. The molecule has 0 aliphatic rings. The lowest BCUT2D eigenvalue weighted by Crippen LogP contribution is -2.12. The van der Waals surface area contributed by atoms with Crippen molar-refractivity contribution in [2.45, 2.75) is 13.3 Å². The molecule has 1 amide bonds. The molecule has 0 unspecified atom stereocenters. The standard InChI is InChI=1S/C15H13FN4OS/c1-9-13(8-10-2-4-11(16)5-3-10)22-15(18-9)19-14(21)12-6-7-17-20-12/h2-7H,8H2,1H3,(H,17,20)(H,18,19,21). The third-order valence-electron chi connectivity index (χ3n) is 3.14. The second kappa shape index (κ2) is 6.07. The molecule has 0 fully saturated rings. The number of nitrogens with one attached hydrogen (secondary N) is 2. The van der Waals surface area contributed by atoms with Crippen molar-refractivity contribution in [3.63, 3.8) is 0 Å². The number of hydrogen-bond acceptors (Lipinski definition) is 4. The van der Waals surface area contributed by atoms with E-state index >= 15 is 0 Å². The molecular formula is C15H13FN4OS. The van der Waals surface area contributed by atoms with Gasteiger partial charge in [0, 0.05) is 17.5 Å². The average molecular weight is 316 g/mol. The Hall–Kier alpha value is -2.54. The molecule has 2 aromatic heterocycles. The van der Waals surface area contributed by atoms with Gasteiger partial charge in [0.05, 0.1) is 5.69 Å². The van der Waals surface area contributed by atoms with Crippen molar-refractivity contribution in [3.05, 3.63) is 64.2 Å². The van der Waals surface area contributed by atoms with Crippen LogP contribution >= 0.6 is 11.3 Å². The van der Waals surface area contributed by atoms with Crippen molar-refractivity contribution in [3.8, 4) is 0 Å². The number of benzene rings is 1. The first-order valence-corrected chi connectivity index (χ1v) is 7.45. The van der Waals surface area contributed by atoms with Crippen molar-refractivity contribution < 1.29 is 9.18 Å². The number of carbonyl (C=O) groups excluding carboxylic acids is 1. The first kappa shape index (κ1) is 14.4. The Morgan fingerprint density at radius 1 is 1.32 bits per heavy atom. The highest BCUT2D eigenvalue weighted by molar-refractivity contribution is 7.15. The molecule has 0 saturated carbocycles. The number of aromatic nitrogens is 3. The Morgan fingerprint density at radius 3 is 2.77 bits per heavy atom. The predicted octanol–water partition coefficient (Wildman–Crippen LogP) is 3.16. The van der Waals surface area contributed by atoms with Crippen LogP contribution in [0.5, 0.6) is 0 Å². The third-order valence-corrected chi connectivity index (χ3v) is 4.21. The molecule has 1 aromatic carbocycles. The summed E-state index contributed by atoms with van der Waals surface area (Å²) >= 11 is 1.41. The van der Waals surface area contributed by atoms with Gasteiger partial charge in [-0.05, 0) is 30.7 Å². The number of thiazole rings is 1. The van der Waals surface area contributed by atoms with E-state index < -0.39 is 0 Å². The van der Waals surface area contributed by atoms with Gasteiger partial charge < -0.3 is 0 Å². The fraction of sp³-hybridized carbons (Fsp3) is 0.133. The van der Waals surface area contributed by atoms with Crippen molar-refractivity contribution in [2.24, 2.45) is 0 Å². The molecule has 0 atom stereocenters. The van der Waals surface area contributed by atoms with Gasteiger partial charge in [0.2, 0.25) is 0 Å². The minimum Gasteiger partial charge on any atom is -0.296 e. The molecule has 0 aliphatic heterocycles. The maximum atomic E-state index is 12.9. The number of aromatic amines is 1. The summed E-state index contributed by atoms with van der Waals surface area (Å²) in [5.74, 6) is -0.531. The number of amides is 1. The second-order valence-electron chi connectivity index (χ2n) is 4.76. The van der Waals surface area contributed by atoms with Crippen molar-refractivity contribution in [2.75, 3.05) is 5.32 Å². The van der Waals surface area contributed by atoms with E-state index in [0.29, 0.717) is 17.2 Å². The number of nitrogens with zero attached hydrogens (tertiary/aromatic N) is 2. The maximum absolute atomic E-state index is 12.9. The lowest BCUT2D eigenvalue weighted by molar-refractivity contribution is 0.102. The van der Waals surface area contributed by atoms with Crippen LogP contribution in [0.15, 0.2) is 36.5 Å². The van der Waals surface area contributed by atoms with Gasteiger partial charge in [0.25, 0.3) is 5.91 Å². The quantitative estimate of drug-likeness (QED) is 0.776. The highest BCUT2D eigenvalue weighted by Crippen LogP contribution is 2.25. The third kappa shape index (κ3) is 3.20. The second-order valence-corrected chi connectivity index (χ2v) is 5.84. The summed E-state index contributed by atoms with van der Waals surface area (Å²) < 4.78 is 12.9. The fourth-order valence-corrected chi connectivity index (χ4v) is 2.97. The average Bonchev–Trinajstić information content (AvgIpc) is 3.12. The largest absolute Gasteiger partial charge is 0.296 e. The van der Waals surface area contributed by atoms with E-state index in [1.165, 1.54) is 29.7 Å². The van der Waals surface area contributed by atoms with Crippen LogP contribution < -0.4 is 5.32 Å². The van der Waals surface area contributed by atoms with Crippen LogP contribution in [0.2, 0.25) is 0 Å². The van der Waals surface area contributed by atoms with Crippen LogP contribution in [-0.2, 0) is 6.42 Å². The highest BCUT2D eigenvalue weighted by Gasteiger charge is 2.13. The fourth-order valence-electron chi connectivity index (χ4n) is 1.98. The summed E-state index contributed by atoms with van der Waals surface area (Å²) in [6, 6.07) is 7.96. The van der Waals surface area contributed by atoms with E-state index in [0.717, 1.165) is 16.1 Å². The van der Waals surface area contributed by atoms with E-state index in [4.69, 9.17) is 0 Å². The Kier molecular flexibility index (Phi) is 3.97. The Balaban J connectivity index is 1.73. The minimum absolute atomic E-state index is 0.253. The van der Waals surface area contributed by atoms with Gasteiger partial charge in [0.15, 0.2) is 5.13 Å². The zero-order valence-electron chi connectivity index (χ0n) is 11.8. The van der Waals surface area contributed by atoms with Crippen LogP contribution in [-0.4, -0.2) is 21.1 Å². The monoisotopic (exact) mass is 316 g/mol. The number of hydrogen-bond donors (Lipinski definition) is 2. The molecule has 0 radical (unpaired) electrons. The van der Waals surface area contributed by atoms with Gasteiger partial charge >= 0.3 is 0 Å². The SMILES string of the molecule is Cc1nc(NC(=O)c2ccn[nH]2)sc1Cc1ccc(F)cc1. The van der Waals surface area contributed by atoms with E-state index in [1.54, 1.807) is 18.2 Å². The molecule has 0 saturated heterocycles.